The number of rotatable bonds is 5. The Labute approximate surface area is 103 Å². The second kappa shape index (κ2) is 7.07. The third-order valence-corrected chi connectivity index (χ3v) is 3.04. The van der Waals surface area contributed by atoms with E-state index >= 15 is 0 Å². The van der Waals surface area contributed by atoms with Crippen LogP contribution in [0.3, 0.4) is 0 Å². The number of carbonyl (C=O) groups is 1. The highest BCUT2D eigenvalue weighted by Crippen LogP contribution is 2.15. The fourth-order valence-electron chi connectivity index (χ4n) is 2.07. The Hall–Kier alpha value is -1.35. The summed E-state index contributed by atoms with van der Waals surface area (Å²) in [7, 11) is 1.38. The predicted octanol–water partition coefficient (Wildman–Crippen LogP) is 2.31. The number of carbonyl (C=O) groups excluding carboxylic acids is 1. The van der Waals surface area contributed by atoms with Crippen molar-refractivity contribution in [3.8, 4) is 0 Å². The van der Waals surface area contributed by atoms with Gasteiger partial charge in [0.05, 0.1) is 12.7 Å². The molecule has 0 atom stereocenters. The molecule has 0 aromatic heterocycles. The highest BCUT2D eigenvalue weighted by atomic mass is 16.5. The minimum Gasteiger partial charge on any atom is -0.465 e. The van der Waals surface area contributed by atoms with Crippen molar-refractivity contribution in [2.45, 2.75) is 19.3 Å². The van der Waals surface area contributed by atoms with Crippen LogP contribution in [0.1, 0.15) is 19.3 Å². The van der Waals surface area contributed by atoms with Gasteiger partial charge in [-0.3, -0.25) is 4.90 Å². The lowest BCUT2D eigenvalue weighted by molar-refractivity contribution is -0.135. The molecule has 0 saturated carbocycles. The highest BCUT2D eigenvalue weighted by molar-refractivity contribution is 5.92. The summed E-state index contributed by atoms with van der Waals surface area (Å²) in [5.41, 5.74) is 1.42. The maximum absolute atomic E-state index is 11.6. The minimum absolute atomic E-state index is 0.341. The van der Waals surface area contributed by atoms with Crippen molar-refractivity contribution in [1.29, 1.82) is 0 Å². The number of hydrogen-bond acceptors (Lipinski definition) is 3. The van der Waals surface area contributed by atoms with Crippen molar-refractivity contribution >= 4 is 5.97 Å². The van der Waals surface area contributed by atoms with Gasteiger partial charge in [0, 0.05) is 6.54 Å². The monoisotopic (exact) mass is 235 g/mol. The summed E-state index contributed by atoms with van der Waals surface area (Å²) in [5, 5.41) is 0. The van der Waals surface area contributed by atoms with Crippen molar-refractivity contribution in [2.75, 3.05) is 26.7 Å². The third kappa shape index (κ3) is 3.86. The van der Waals surface area contributed by atoms with E-state index in [0.29, 0.717) is 5.57 Å². The Balaban J connectivity index is 2.79. The molecular weight excluding hydrogens is 214 g/mol. The molecule has 3 nitrogen and oxygen atoms in total. The molecule has 1 heterocycles. The van der Waals surface area contributed by atoms with E-state index in [0.717, 1.165) is 25.2 Å². The van der Waals surface area contributed by atoms with Crippen molar-refractivity contribution < 1.29 is 9.53 Å². The van der Waals surface area contributed by atoms with Crippen LogP contribution in [-0.4, -0.2) is 37.6 Å². The lowest BCUT2D eigenvalue weighted by Gasteiger charge is -2.27. The first-order valence-electron chi connectivity index (χ1n) is 6.01. The Morgan fingerprint density at radius 1 is 1.24 bits per heavy atom. The molecule has 0 bridgehead atoms. The molecule has 0 amide bonds. The van der Waals surface area contributed by atoms with Crippen molar-refractivity contribution in [3.05, 3.63) is 36.5 Å². The fourth-order valence-corrected chi connectivity index (χ4v) is 2.07. The molecule has 1 fully saturated rings. The van der Waals surface area contributed by atoms with Gasteiger partial charge in [0.15, 0.2) is 0 Å². The van der Waals surface area contributed by atoms with E-state index < -0.39 is 0 Å². The van der Waals surface area contributed by atoms with Crippen LogP contribution in [0.4, 0.5) is 0 Å². The van der Waals surface area contributed by atoms with E-state index in [-0.39, 0.29) is 5.97 Å². The van der Waals surface area contributed by atoms with Crippen LogP contribution in [0.15, 0.2) is 36.5 Å². The topological polar surface area (TPSA) is 29.5 Å². The van der Waals surface area contributed by atoms with Gasteiger partial charge in [-0.05, 0) is 31.5 Å². The zero-order valence-electron chi connectivity index (χ0n) is 10.6. The van der Waals surface area contributed by atoms with Crippen molar-refractivity contribution in [3.63, 3.8) is 0 Å². The summed E-state index contributed by atoms with van der Waals surface area (Å²) >= 11 is 0. The van der Waals surface area contributed by atoms with Gasteiger partial charge in [-0.25, -0.2) is 4.79 Å². The molecule has 0 spiro atoms. The molecule has 1 rings (SSSR count). The molecule has 0 aromatic rings. The van der Waals surface area contributed by atoms with E-state index in [1.807, 2.05) is 0 Å². The molecule has 0 N–H and O–H groups in total. The van der Waals surface area contributed by atoms with Crippen LogP contribution in [-0.2, 0) is 9.53 Å². The van der Waals surface area contributed by atoms with Crippen LogP contribution in [0.2, 0.25) is 0 Å². The standard InChI is InChI=1S/C14H21NO2/c1-4-12(13(5-2)14(16)17-3)11-15-9-7-6-8-10-15/h4-5H,1-2,6-11H2,3H3/b13-12-. The molecule has 0 unspecified atom stereocenters. The molecule has 0 radical (unpaired) electrons. The molecule has 0 aromatic carbocycles. The van der Waals surface area contributed by atoms with Gasteiger partial charge in [0.25, 0.3) is 0 Å². The Morgan fingerprint density at radius 2 is 1.88 bits per heavy atom. The second-order valence-corrected chi connectivity index (χ2v) is 4.18. The average molecular weight is 235 g/mol. The number of ether oxygens (including phenoxy) is 1. The largest absolute Gasteiger partial charge is 0.465 e. The lowest BCUT2D eigenvalue weighted by atomic mass is 10.1. The molecular formula is C14H21NO2. The highest BCUT2D eigenvalue weighted by Gasteiger charge is 2.15. The maximum Gasteiger partial charge on any atom is 0.338 e. The summed E-state index contributed by atoms with van der Waals surface area (Å²) in [4.78, 5) is 13.9. The molecule has 1 saturated heterocycles. The van der Waals surface area contributed by atoms with E-state index in [2.05, 4.69) is 18.1 Å². The number of nitrogens with zero attached hydrogens (tertiary/aromatic N) is 1. The minimum atomic E-state index is -0.341. The maximum atomic E-state index is 11.6. The Bertz CT molecular complexity index is 325. The average Bonchev–Trinajstić information content (AvgIpc) is 2.39. The van der Waals surface area contributed by atoms with Gasteiger partial charge in [-0.15, -0.1) is 0 Å². The summed E-state index contributed by atoms with van der Waals surface area (Å²) in [6.07, 6.45) is 7.03. The van der Waals surface area contributed by atoms with E-state index in [4.69, 9.17) is 4.74 Å². The van der Waals surface area contributed by atoms with Crippen LogP contribution in [0.25, 0.3) is 0 Å². The SMILES string of the molecule is C=C/C(CN1CCCCC1)=C(\C=C)C(=O)OC. The van der Waals surface area contributed by atoms with E-state index in [1.165, 1.54) is 26.4 Å². The predicted molar refractivity (Wildman–Crippen MR) is 69.7 cm³/mol. The normalized spacial score (nSPS) is 18.2. The smallest absolute Gasteiger partial charge is 0.338 e. The molecule has 3 heteroatoms. The van der Waals surface area contributed by atoms with Crippen LogP contribution in [0, 0.1) is 0 Å². The van der Waals surface area contributed by atoms with Gasteiger partial charge >= 0.3 is 5.97 Å². The van der Waals surface area contributed by atoms with Gasteiger partial charge in [-0.1, -0.05) is 31.7 Å². The number of methoxy groups -OCH3 is 1. The zero-order valence-corrected chi connectivity index (χ0v) is 10.6. The van der Waals surface area contributed by atoms with Crippen molar-refractivity contribution in [1.82, 2.24) is 4.90 Å². The van der Waals surface area contributed by atoms with Gasteiger partial charge in [0.2, 0.25) is 0 Å². The molecule has 0 aliphatic carbocycles. The van der Waals surface area contributed by atoms with Gasteiger partial charge in [-0.2, -0.15) is 0 Å². The molecule has 17 heavy (non-hydrogen) atoms. The van der Waals surface area contributed by atoms with E-state index in [1.54, 1.807) is 12.2 Å². The van der Waals surface area contributed by atoms with Crippen molar-refractivity contribution in [2.24, 2.45) is 0 Å². The van der Waals surface area contributed by atoms with Gasteiger partial charge < -0.3 is 4.74 Å². The van der Waals surface area contributed by atoms with Gasteiger partial charge in [0.1, 0.15) is 0 Å². The number of esters is 1. The third-order valence-electron chi connectivity index (χ3n) is 3.04. The molecule has 1 aliphatic rings. The van der Waals surface area contributed by atoms with Crippen LogP contribution < -0.4 is 0 Å². The summed E-state index contributed by atoms with van der Waals surface area (Å²) in [5.74, 6) is -0.341. The molecule has 1 aliphatic heterocycles. The Kier molecular flexibility index (Phi) is 5.70. The molecule has 94 valence electrons. The first-order chi connectivity index (χ1) is 8.22. The van der Waals surface area contributed by atoms with E-state index in [9.17, 15) is 4.79 Å². The summed E-state index contributed by atoms with van der Waals surface area (Å²) < 4.78 is 4.74. The summed E-state index contributed by atoms with van der Waals surface area (Å²) in [6, 6.07) is 0. The first-order valence-corrected chi connectivity index (χ1v) is 6.01. The first kappa shape index (κ1) is 13.7. The number of likely N-dealkylation sites (tertiary alicyclic amines) is 1. The Morgan fingerprint density at radius 3 is 2.35 bits per heavy atom. The van der Waals surface area contributed by atoms with Crippen LogP contribution in [0.5, 0.6) is 0 Å². The number of hydrogen-bond donors (Lipinski definition) is 0. The summed E-state index contributed by atoms with van der Waals surface area (Å²) in [6.45, 7) is 10.4. The quantitative estimate of drug-likeness (QED) is 0.416. The lowest BCUT2D eigenvalue weighted by Crippen LogP contribution is -2.31. The fraction of sp³-hybridized carbons (Fsp3) is 0.500. The second-order valence-electron chi connectivity index (χ2n) is 4.18. The zero-order chi connectivity index (χ0) is 12.7. The van der Waals surface area contributed by atoms with Crippen LogP contribution >= 0.6 is 0 Å². The number of piperidine rings is 1.